The van der Waals surface area contributed by atoms with Gasteiger partial charge in [0.1, 0.15) is 5.75 Å². The Morgan fingerprint density at radius 2 is 2.00 bits per heavy atom. The van der Waals surface area contributed by atoms with Crippen LogP contribution in [0.5, 0.6) is 5.75 Å². The number of hydrogen-bond acceptors (Lipinski definition) is 4. The Labute approximate surface area is 116 Å². The molecular weight excluding hydrogens is 290 g/mol. The molecule has 1 aliphatic heterocycles. The Morgan fingerprint density at radius 3 is 2.58 bits per heavy atom. The SMILES string of the molecule is O=C(COc1ccccc1)N[C@H]1CS(=O)(=O)C[C@@H]1Cl. The number of nitrogens with one attached hydrogen (secondary N) is 1. The lowest BCUT2D eigenvalue weighted by molar-refractivity contribution is -0.123. The second kappa shape index (κ2) is 5.79. The van der Waals surface area contributed by atoms with Crippen LogP contribution in [0.4, 0.5) is 0 Å². The zero-order valence-electron chi connectivity index (χ0n) is 10.1. The van der Waals surface area contributed by atoms with Gasteiger partial charge in [0.05, 0.1) is 22.9 Å². The van der Waals surface area contributed by atoms with E-state index in [0.717, 1.165) is 0 Å². The number of carbonyl (C=O) groups is 1. The van der Waals surface area contributed by atoms with E-state index in [2.05, 4.69) is 5.32 Å². The van der Waals surface area contributed by atoms with Crippen LogP contribution in [0.2, 0.25) is 0 Å². The van der Waals surface area contributed by atoms with E-state index in [1.54, 1.807) is 24.3 Å². The zero-order valence-corrected chi connectivity index (χ0v) is 11.7. The molecule has 1 heterocycles. The molecule has 5 nitrogen and oxygen atoms in total. The molecule has 0 aromatic heterocycles. The van der Waals surface area contributed by atoms with Gasteiger partial charge >= 0.3 is 0 Å². The Kier molecular flexibility index (Phi) is 4.31. The first kappa shape index (κ1) is 14.1. The van der Waals surface area contributed by atoms with Crippen molar-refractivity contribution in [3.63, 3.8) is 0 Å². The number of para-hydroxylation sites is 1. The Morgan fingerprint density at radius 1 is 1.32 bits per heavy atom. The lowest BCUT2D eigenvalue weighted by Crippen LogP contribution is -2.42. The first-order valence-electron chi connectivity index (χ1n) is 5.78. The fourth-order valence-corrected chi connectivity index (χ4v) is 4.40. The monoisotopic (exact) mass is 303 g/mol. The van der Waals surface area contributed by atoms with Crippen LogP contribution in [0.25, 0.3) is 0 Å². The number of carbonyl (C=O) groups excluding carboxylic acids is 1. The number of alkyl halides is 1. The lowest BCUT2D eigenvalue weighted by atomic mass is 10.2. The van der Waals surface area contributed by atoms with Gasteiger partial charge in [0.2, 0.25) is 0 Å². The van der Waals surface area contributed by atoms with Crippen molar-refractivity contribution < 1.29 is 17.9 Å². The maximum atomic E-state index is 11.6. The highest BCUT2D eigenvalue weighted by Crippen LogP contribution is 2.18. The van der Waals surface area contributed by atoms with E-state index in [4.69, 9.17) is 16.3 Å². The summed E-state index contributed by atoms with van der Waals surface area (Å²) in [5.41, 5.74) is 0. The molecule has 1 aliphatic rings. The van der Waals surface area contributed by atoms with Crippen molar-refractivity contribution in [2.24, 2.45) is 0 Å². The van der Waals surface area contributed by atoms with Gasteiger partial charge in [0.25, 0.3) is 5.91 Å². The summed E-state index contributed by atoms with van der Waals surface area (Å²) in [6, 6.07) is 8.36. The average Bonchev–Trinajstić information content (AvgIpc) is 2.61. The summed E-state index contributed by atoms with van der Waals surface area (Å²) < 4.78 is 28.0. The van der Waals surface area contributed by atoms with Crippen LogP contribution in [-0.2, 0) is 14.6 Å². The minimum Gasteiger partial charge on any atom is -0.484 e. The second-order valence-electron chi connectivity index (χ2n) is 4.37. The summed E-state index contributed by atoms with van der Waals surface area (Å²) in [5.74, 6) is -0.00665. The van der Waals surface area contributed by atoms with E-state index in [0.29, 0.717) is 5.75 Å². The number of ether oxygens (including phenoxy) is 1. The number of hydrogen-bond donors (Lipinski definition) is 1. The summed E-state index contributed by atoms with van der Waals surface area (Å²) >= 11 is 5.89. The molecule has 7 heteroatoms. The number of benzene rings is 1. The molecule has 0 radical (unpaired) electrons. The van der Waals surface area contributed by atoms with Gasteiger partial charge in [0, 0.05) is 0 Å². The van der Waals surface area contributed by atoms with Gasteiger partial charge in [-0.05, 0) is 12.1 Å². The smallest absolute Gasteiger partial charge is 0.258 e. The zero-order chi connectivity index (χ0) is 13.9. The Bertz CT molecular complexity index is 546. The lowest BCUT2D eigenvalue weighted by Gasteiger charge is -2.14. The van der Waals surface area contributed by atoms with Crippen molar-refractivity contribution in [1.29, 1.82) is 0 Å². The Hall–Kier alpha value is -1.27. The quantitative estimate of drug-likeness (QED) is 0.826. The minimum absolute atomic E-state index is 0.0982. The van der Waals surface area contributed by atoms with Crippen LogP contribution in [-0.4, -0.2) is 43.9 Å². The van der Waals surface area contributed by atoms with E-state index >= 15 is 0 Å². The van der Waals surface area contributed by atoms with E-state index < -0.39 is 21.3 Å². The van der Waals surface area contributed by atoms with Crippen LogP contribution < -0.4 is 10.1 Å². The van der Waals surface area contributed by atoms with Gasteiger partial charge in [-0.3, -0.25) is 4.79 Å². The second-order valence-corrected chi connectivity index (χ2v) is 7.08. The molecule has 1 saturated heterocycles. The first-order valence-corrected chi connectivity index (χ1v) is 8.04. The van der Waals surface area contributed by atoms with Gasteiger partial charge in [0.15, 0.2) is 16.4 Å². The number of amides is 1. The molecule has 2 atom stereocenters. The van der Waals surface area contributed by atoms with E-state index in [-0.39, 0.29) is 24.0 Å². The van der Waals surface area contributed by atoms with Crippen molar-refractivity contribution in [2.45, 2.75) is 11.4 Å². The third-order valence-corrected chi connectivity index (χ3v) is 5.12. The maximum Gasteiger partial charge on any atom is 0.258 e. The van der Waals surface area contributed by atoms with Crippen molar-refractivity contribution in [3.8, 4) is 5.75 Å². The Balaban J connectivity index is 1.82. The summed E-state index contributed by atoms with van der Waals surface area (Å²) in [5, 5.41) is 2.00. The molecule has 1 fully saturated rings. The standard InChI is InChI=1S/C12H14ClNO4S/c13-10-7-19(16,17)8-11(10)14-12(15)6-18-9-4-2-1-3-5-9/h1-5,10-11H,6-8H2,(H,14,15)/t10-,11-/m0/s1. The summed E-state index contributed by atoms with van der Waals surface area (Å²) in [6.45, 7) is -0.163. The fourth-order valence-electron chi connectivity index (χ4n) is 1.85. The molecule has 2 rings (SSSR count). The molecule has 0 aliphatic carbocycles. The van der Waals surface area contributed by atoms with Crippen molar-refractivity contribution in [1.82, 2.24) is 5.32 Å². The average molecular weight is 304 g/mol. The molecule has 1 N–H and O–H groups in total. The molecule has 104 valence electrons. The fraction of sp³-hybridized carbons (Fsp3) is 0.417. The number of sulfone groups is 1. The van der Waals surface area contributed by atoms with Crippen LogP contribution in [0.3, 0.4) is 0 Å². The van der Waals surface area contributed by atoms with Crippen LogP contribution >= 0.6 is 11.6 Å². The predicted octanol–water partition coefficient (Wildman–Crippen LogP) is 0.586. The van der Waals surface area contributed by atoms with Gasteiger partial charge in [-0.25, -0.2) is 8.42 Å². The molecule has 0 bridgehead atoms. The predicted molar refractivity (Wildman–Crippen MR) is 72.2 cm³/mol. The minimum atomic E-state index is -3.14. The first-order chi connectivity index (χ1) is 8.96. The largest absolute Gasteiger partial charge is 0.484 e. The molecule has 1 amide bonds. The molecule has 19 heavy (non-hydrogen) atoms. The molecule has 0 unspecified atom stereocenters. The summed E-state index contributed by atoms with van der Waals surface area (Å²) in [6.07, 6.45) is 0. The van der Waals surface area contributed by atoms with Crippen LogP contribution in [0.15, 0.2) is 30.3 Å². The van der Waals surface area contributed by atoms with Gasteiger partial charge < -0.3 is 10.1 Å². The van der Waals surface area contributed by atoms with Gasteiger partial charge in [-0.1, -0.05) is 18.2 Å². The normalized spacial score (nSPS) is 24.9. The van der Waals surface area contributed by atoms with Crippen molar-refractivity contribution in [3.05, 3.63) is 30.3 Å². The highest BCUT2D eigenvalue weighted by molar-refractivity contribution is 7.91. The van der Waals surface area contributed by atoms with Gasteiger partial charge in [-0.15, -0.1) is 11.6 Å². The van der Waals surface area contributed by atoms with E-state index in [1.807, 2.05) is 6.07 Å². The summed E-state index contributed by atoms with van der Waals surface area (Å²) in [4.78, 5) is 11.6. The molecular formula is C12H14ClNO4S. The third-order valence-electron chi connectivity index (χ3n) is 2.74. The topological polar surface area (TPSA) is 72.5 Å². The van der Waals surface area contributed by atoms with Crippen LogP contribution in [0, 0.1) is 0 Å². The highest BCUT2D eigenvalue weighted by Gasteiger charge is 2.37. The highest BCUT2D eigenvalue weighted by atomic mass is 35.5. The number of rotatable bonds is 4. The molecule has 0 saturated carbocycles. The maximum absolute atomic E-state index is 11.6. The van der Waals surface area contributed by atoms with Gasteiger partial charge in [-0.2, -0.15) is 0 Å². The number of halogens is 1. The van der Waals surface area contributed by atoms with E-state index in [9.17, 15) is 13.2 Å². The van der Waals surface area contributed by atoms with Crippen molar-refractivity contribution >= 4 is 27.3 Å². The van der Waals surface area contributed by atoms with Crippen LogP contribution in [0.1, 0.15) is 0 Å². The molecule has 1 aromatic carbocycles. The van der Waals surface area contributed by atoms with Crippen molar-refractivity contribution in [2.75, 3.05) is 18.1 Å². The molecule has 0 spiro atoms. The molecule has 1 aromatic rings. The van der Waals surface area contributed by atoms with E-state index in [1.165, 1.54) is 0 Å². The summed E-state index contributed by atoms with van der Waals surface area (Å²) in [7, 11) is -3.14. The third kappa shape index (κ3) is 4.11.